The first-order valence-electron chi connectivity index (χ1n) is 7.89. The van der Waals surface area contributed by atoms with Crippen molar-refractivity contribution in [1.82, 2.24) is 0 Å². The van der Waals surface area contributed by atoms with Crippen LogP contribution in [0.5, 0.6) is 11.5 Å². The maximum absolute atomic E-state index is 10.8. The highest BCUT2D eigenvalue weighted by atomic mass is 35.7. The molecule has 0 fully saturated rings. The third-order valence-electron chi connectivity index (χ3n) is 3.76. The van der Waals surface area contributed by atoms with Crippen LogP contribution >= 0.6 is 0 Å². The Morgan fingerprint density at radius 1 is 0.931 bits per heavy atom. The fourth-order valence-electron chi connectivity index (χ4n) is 2.62. The molecule has 29 heavy (non-hydrogen) atoms. The third kappa shape index (κ3) is 5.98. The Labute approximate surface area is 167 Å². The second-order valence-corrected chi connectivity index (χ2v) is 6.42. The normalized spacial score (nSPS) is 10.9. The summed E-state index contributed by atoms with van der Waals surface area (Å²) >= 11 is 0. The summed E-state index contributed by atoms with van der Waals surface area (Å²) in [6.07, 6.45) is 0. The standard InChI is InChI=1S/C18H16NO5.ClHO4/c1-11-8-13-9-16(22-2)17(23-3)10-15(13)18(24-11)12-4-6-14(7-5-12)19(20)21;2-1(3,4)5/h4-10H,1-3H3;(H,2,3,4,5)/q+1;/p-1. The first-order valence-corrected chi connectivity index (χ1v) is 9.13. The maximum Gasteiger partial charge on any atom is 0.368 e. The van der Waals surface area contributed by atoms with E-state index < -0.39 is 15.2 Å². The predicted octanol–water partition coefficient (Wildman–Crippen LogP) is -0.141. The van der Waals surface area contributed by atoms with Gasteiger partial charge in [0.15, 0.2) is 11.5 Å². The number of benzene rings is 2. The van der Waals surface area contributed by atoms with Gasteiger partial charge in [0.2, 0.25) is 0 Å². The molecular weight excluding hydrogens is 410 g/mol. The summed E-state index contributed by atoms with van der Waals surface area (Å²) in [5, 5.41) is 12.6. The molecule has 0 spiro atoms. The molecule has 0 saturated carbocycles. The molecule has 0 aliphatic rings. The zero-order valence-corrected chi connectivity index (χ0v) is 16.3. The summed E-state index contributed by atoms with van der Waals surface area (Å²) in [4.78, 5) is 10.4. The first-order chi connectivity index (χ1) is 13.5. The molecule has 154 valence electrons. The summed E-state index contributed by atoms with van der Waals surface area (Å²) in [5.74, 6) is 2.57. The van der Waals surface area contributed by atoms with Crippen molar-refractivity contribution >= 4 is 16.5 Å². The largest absolute Gasteiger partial charge is 0.493 e. The zero-order chi connectivity index (χ0) is 21.8. The van der Waals surface area contributed by atoms with Gasteiger partial charge in [-0.05, 0) is 18.2 Å². The predicted molar refractivity (Wildman–Crippen MR) is 90.6 cm³/mol. The van der Waals surface area contributed by atoms with E-state index in [0.29, 0.717) is 17.3 Å². The van der Waals surface area contributed by atoms with Crippen molar-refractivity contribution in [2.45, 2.75) is 6.92 Å². The number of aryl methyl sites for hydroxylation is 1. The van der Waals surface area contributed by atoms with E-state index in [-0.39, 0.29) is 5.69 Å². The molecule has 1 heterocycles. The van der Waals surface area contributed by atoms with E-state index >= 15 is 0 Å². The van der Waals surface area contributed by atoms with Crippen molar-refractivity contribution in [3.05, 3.63) is 58.3 Å². The first kappa shape index (κ1) is 22.3. The average molecular weight is 426 g/mol. The Hall–Kier alpha value is -3.02. The van der Waals surface area contributed by atoms with Gasteiger partial charge in [0.05, 0.1) is 37.0 Å². The third-order valence-corrected chi connectivity index (χ3v) is 3.76. The van der Waals surface area contributed by atoms with Gasteiger partial charge in [-0.3, -0.25) is 10.1 Å². The molecule has 0 amide bonds. The van der Waals surface area contributed by atoms with Crippen LogP contribution in [0.2, 0.25) is 0 Å². The highest BCUT2D eigenvalue weighted by molar-refractivity contribution is 5.96. The van der Waals surface area contributed by atoms with Gasteiger partial charge in [-0.25, -0.2) is 23.1 Å². The van der Waals surface area contributed by atoms with Crippen molar-refractivity contribution < 1.29 is 47.7 Å². The van der Waals surface area contributed by atoms with Crippen molar-refractivity contribution in [2.24, 2.45) is 0 Å². The van der Waals surface area contributed by atoms with Crippen LogP contribution in [0.15, 0.2) is 46.9 Å². The molecule has 0 bridgehead atoms. The Morgan fingerprint density at radius 3 is 1.93 bits per heavy atom. The highest BCUT2D eigenvalue weighted by Gasteiger charge is 2.22. The molecule has 0 saturated heterocycles. The van der Waals surface area contributed by atoms with E-state index in [1.807, 2.05) is 25.1 Å². The Balaban J connectivity index is 0.000000537. The van der Waals surface area contributed by atoms with Crippen molar-refractivity contribution in [1.29, 1.82) is 0 Å². The number of hydrogen-bond acceptors (Lipinski definition) is 8. The van der Waals surface area contributed by atoms with Gasteiger partial charge >= 0.3 is 11.5 Å². The van der Waals surface area contributed by atoms with Gasteiger partial charge in [0.25, 0.3) is 5.69 Å². The lowest BCUT2D eigenvalue weighted by Crippen LogP contribution is -2.68. The van der Waals surface area contributed by atoms with Gasteiger partial charge < -0.3 is 9.47 Å². The van der Waals surface area contributed by atoms with Crippen LogP contribution in [-0.2, 0) is 0 Å². The Kier molecular flexibility index (Phi) is 6.90. The van der Waals surface area contributed by atoms with E-state index in [2.05, 4.69) is 0 Å². The Bertz CT molecular complexity index is 1010. The van der Waals surface area contributed by atoms with E-state index in [1.54, 1.807) is 26.4 Å². The minimum Gasteiger partial charge on any atom is -0.493 e. The second-order valence-electron chi connectivity index (χ2n) is 5.66. The topological polar surface area (TPSA) is 165 Å². The molecule has 0 aliphatic heterocycles. The van der Waals surface area contributed by atoms with Crippen LogP contribution in [0, 0.1) is 27.3 Å². The minimum absolute atomic E-state index is 0.0370. The number of nitrogens with zero attached hydrogens (tertiary/aromatic N) is 1. The number of methoxy groups -OCH3 is 2. The number of rotatable bonds is 4. The van der Waals surface area contributed by atoms with Crippen molar-refractivity contribution in [2.75, 3.05) is 14.2 Å². The lowest BCUT2D eigenvalue weighted by atomic mass is 10.0. The number of fused-ring (bicyclic) bond motifs is 1. The van der Waals surface area contributed by atoms with Crippen LogP contribution in [0.25, 0.3) is 22.1 Å². The molecule has 0 unspecified atom stereocenters. The SMILES string of the molecule is COc1cc2cc(C)[o+]c(-c3ccc([N+](=O)[O-])cc3)c2cc1OC.[O-][Cl+3]([O-])([O-])[O-]. The van der Waals surface area contributed by atoms with Crippen LogP contribution in [0.1, 0.15) is 5.76 Å². The van der Waals surface area contributed by atoms with E-state index in [1.165, 1.54) is 12.1 Å². The Morgan fingerprint density at radius 2 is 1.45 bits per heavy atom. The number of nitro benzene ring substituents is 1. The summed E-state index contributed by atoms with van der Waals surface area (Å²) in [6.45, 7) is 1.85. The van der Waals surface area contributed by atoms with Crippen LogP contribution < -0.4 is 28.1 Å². The molecule has 0 N–H and O–H groups in total. The van der Waals surface area contributed by atoms with Gasteiger partial charge in [0.1, 0.15) is 0 Å². The number of halogens is 1. The molecule has 1 aromatic heterocycles. The summed E-state index contributed by atoms with van der Waals surface area (Å²) in [5.41, 5.74) is 0.788. The summed E-state index contributed by atoms with van der Waals surface area (Å²) < 4.78 is 50.6. The highest BCUT2D eigenvalue weighted by Crippen LogP contribution is 2.38. The smallest absolute Gasteiger partial charge is 0.368 e. The molecule has 10 nitrogen and oxygen atoms in total. The molecule has 3 aromatic rings. The van der Waals surface area contributed by atoms with Gasteiger partial charge in [-0.15, -0.1) is 10.2 Å². The van der Waals surface area contributed by atoms with E-state index in [4.69, 9.17) is 32.5 Å². The van der Waals surface area contributed by atoms with Crippen molar-refractivity contribution in [3.8, 4) is 22.8 Å². The molecule has 0 radical (unpaired) electrons. The summed E-state index contributed by atoms with van der Waals surface area (Å²) in [7, 11) is -1.79. The maximum atomic E-state index is 10.8. The lowest BCUT2D eigenvalue weighted by Gasteiger charge is -2.17. The average Bonchev–Trinajstić information content (AvgIpc) is 2.65. The molecule has 0 aliphatic carbocycles. The lowest BCUT2D eigenvalue weighted by molar-refractivity contribution is -2.00. The number of nitro groups is 1. The second kappa shape index (κ2) is 8.99. The molecule has 3 rings (SSSR count). The summed E-state index contributed by atoms with van der Waals surface area (Å²) in [6, 6.07) is 11.9. The van der Waals surface area contributed by atoms with E-state index in [9.17, 15) is 10.1 Å². The molecule has 0 atom stereocenters. The number of ether oxygens (including phenoxy) is 2. The quantitative estimate of drug-likeness (QED) is 0.314. The van der Waals surface area contributed by atoms with Crippen molar-refractivity contribution in [3.63, 3.8) is 0 Å². The van der Waals surface area contributed by atoms with Gasteiger partial charge in [-0.2, -0.15) is 0 Å². The fraction of sp³-hybridized carbons (Fsp3) is 0.167. The monoisotopic (exact) mass is 425 g/mol. The molecular formula is C18H16ClNO9. The molecule has 11 heteroatoms. The minimum atomic E-state index is -4.94. The van der Waals surface area contributed by atoms with E-state index in [0.717, 1.165) is 22.1 Å². The number of hydrogen-bond donors (Lipinski definition) is 0. The van der Waals surface area contributed by atoms with Crippen LogP contribution in [-0.4, -0.2) is 19.1 Å². The fourth-order valence-corrected chi connectivity index (χ4v) is 2.62. The van der Waals surface area contributed by atoms with Crippen LogP contribution in [0.4, 0.5) is 5.69 Å². The van der Waals surface area contributed by atoms with Gasteiger partial charge in [0, 0.05) is 29.7 Å². The molecule has 2 aromatic carbocycles. The van der Waals surface area contributed by atoms with Crippen LogP contribution in [0.3, 0.4) is 0 Å². The number of non-ortho nitro benzene ring substituents is 1. The zero-order valence-electron chi connectivity index (χ0n) is 15.5. The van der Waals surface area contributed by atoms with Gasteiger partial charge in [-0.1, -0.05) is 0 Å².